The topological polar surface area (TPSA) is 72.2 Å². The Labute approximate surface area is 121 Å². The van der Waals surface area contributed by atoms with Gasteiger partial charge in [-0.25, -0.2) is 13.1 Å². The molecule has 1 fully saturated rings. The third kappa shape index (κ3) is 3.52. The maximum Gasteiger partial charge on any atom is 0.240 e. The molecule has 2 rings (SSSR count). The second kappa shape index (κ2) is 6.14. The van der Waals surface area contributed by atoms with Crippen molar-refractivity contribution in [3.8, 4) is 0 Å². The Morgan fingerprint density at radius 1 is 1.35 bits per heavy atom. The molecule has 1 aliphatic carbocycles. The predicted molar refractivity (Wildman–Crippen MR) is 81.9 cm³/mol. The summed E-state index contributed by atoms with van der Waals surface area (Å²) in [5.74, 6) is 1.18. The number of hydrogen-bond acceptors (Lipinski definition) is 3. The molecule has 0 spiro atoms. The highest BCUT2D eigenvalue weighted by Crippen LogP contribution is 2.30. The van der Waals surface area contributed by atoms with E-state index in [0.717, 1.165) is 24.8 Å². The highest BCUT2D eigenvalue weighted by molar-refractivity contribution is 7.89. The van der Waals surface area contributed by atoms with Gasteiger partial charge in [0.05, 0.1) is 4.90 Å². The molecule has 4 nitrogen and oxygen atoms in total. The molecule has 0 aromatic heterocycles. The largest absolute Gasteiger partial charge is 0.398 e. The lowest BCUT2D eigenvalue weighted by Gasteiger charge is -2.13. The molecule has 0 bridgehead atoms. The summed E-state index contributed by atoms with van der Waals surface area (Å²) in [6.07, 6.45) is 4.23. The van der Waals surface area contributed by atoms with Crippen LogP contribution in [0.1, 0.15) is 38.7 Å². The van der Waals surface area contributed by atoms with Crippen LogP contribution in [0.2, 0.25) is 0 Å². The standard InChI is InChI=1S/C15H24N2O2S/c1-3-13-6-7-14(9-15(13)16)20(18,19)17-10-12-5-4-11(2)8-12/h6-7,9,11-12,17H,3-5,8,10,16H2,1-2H3. The molecule has 2 unspecified atom stereocenters. The van der Waals surface area contributed by atoms with Crippen LogP contribution >= 0.6 is 0 Å². The molecule has 0 amide bonds. The summed E-state index contributed by atoms with van der Waals surface area (Å²) in [6.45, 7) is 4.75. The molecular weight excluding hydrogens is 272 g/mol. The van der Waals surface area contributed by atoms with Crippen LogP contribution in [-0.2, 0) is 16.4 Å². The first kappa shape index (κ1) is 15.3. The van der Waals surface area contributed by atoms with Crippen molar-refractivity contribution in [1.82, 2.24) is 4.72 Å². The zero-order valence-electron chi connectivity index (χ0n) is 12.2. The lowest BCUT2D eigenvalue weighted by atomic mass is 10.1. The first-order chi connectivity index (χ1) is 9.42. The minimum Gasteiger partial charge on any atom is -0.398 e. The maximum atomic E-state index is 12.3. The second-order valence-electron chi connectivity index (χ2n) is 5.85. The third-order valence-corrected chi connectivity index (χ3v) is 5.60. The Balaban J connectivity index is 2.04. The fourth-order valence-corrected chi connectivity index (χ4v) is 4.03. The minimum atomic E-state index is -3.44. The van der Waals surface area contributed by atoms with Crippen LogP contribution in [0.5, 0.6) is 0 Å². The van der Waals surface area contributed by atoms with E-state index in [0.29, 0.717) is 24.1 Å². The number of nitrogen functional groups attached to an aromatic ring is 1. The summed E-state index contributed by atoms with van der Waals surface area (Å²) < 4.78 is 27.2. The number of hydrogen-bond donors (Lipinski definition) is 2. The lowest BCUT2D eigenvalue weighted by molar-refractivity contribution is 0.498. The lowest BCUT2D eigenvalue weighted by Crippen LogP contribution is -2.28. The number of nitrogens with one attached hydrogen (secondary N) is 1. The first-order valence-corrected chi connectivity index (χ1v) is 8.78. The van der Waals surface area contributed by atoms with Gasteiger partial charge in [-0.05, 0) is 48.8 Å². The summed E-state index contributed by atoms with van der Waals surface area (Å²) in [6, 6.07) is 4.98. The first-order valence-electron chi connectivity index (χ1n) is 7.30. The van der Waals surface area contributed by atoms with Gasteiger partial charge in [-0.3, -0.25) is 0 Å². The number of nitrogens with two attached hydrogens (primary N) is 1. The summed E-state index contributed by atoms with van der Waals surface area (Å²) in [4.78, 5) is 0.262. The fourth-order valence-electron chi connectivity index (χ4n) is 2.88. The van der Waals surface area contributed by atoms with E-state index in [4.69, 9.17) is 5.73 Å². The van der Waals surface area contributed by atoms with Gasteiger partial charge in [0.15, 0.2) is 0 Å². The van der Waals surface area contributed by atoms with Crippen molar-refractivity contribution in [2.24, 2.45) is 11.8 Å². The molecule has 112 valence electrons. The molecule has 5 heteroatoms. The number of benzene rings is 1. The van der Waals surface area contributed by atoms with Crippen molar-refractivity contribution in [3.63, 3.8) is 0 Å². The smallest absolute Gasteiger partial charge is 0.240 e. The Bertz CT molecular complexity index is 569. The van der Waals surface area contributed by atoms with E-state index in [9.17, 15) is 8.42 Å². The quantitative estimate of drug-likeness (QED) is 0.820. The van der Waals surface area contributed by atoms with Gasteiger partial charge < -0.3 is 5.73 Å². The van der Waals surface area contributed by atoms with E-state index in [1.807, 2.05) is 6.92 Å². The molecule has 20 heavy (non-hydrogen) atoms. The van der Waals surface area contributed by atoms with Crippen molar-refractivity contribution in [2.45, 2.75) is 44.4 Å². The Morgan fingerprint density at radius 2 is 2.10 bits per heavy atom. The number of anilines is 1. The summed E-state index contributed by atoms with van der Waals surface area (Å²) in [5.41, 5.74) is 7.40. The van der Waals surface area contributed by atoms with Crippen LogP contribution in [0.3, 0.4) is 0 Å². The van der Waals surface area contributed by atoms with Crippen LogP contribution < -0.4 is 10.5 Å². The van der Waals surface area contributed by atoms with Crippen LogP contribution in [0.15, 0.2) is 23.1 Å². The fraction of sp³-hybridized carbons (Fsp3) is 0.600. The van der Waals surface area contributed by atoms with E-state index in [2.05, 4.69) is 11.6 Å². The van der Waals surface area contributed by atoms with Crippen LogP contribution in [0.25, 0.3) is 0 Å². The van der Waals surface area contributed by atoms with Gasteiger partial charge in [-0.1, -0.05) is 26.3 Å². The van der Waals surface area contributed by atoms with E-state index >= 15 is 0 Å². The monoisotopic (exact) mass is 296 g/mol. The Hall–Kier alpha value is -1.07. The molecule has 1 saturated carbocycles. The molecule has 0 saturated heterocycles. The SMILES string of the molecule is CCc1ccc(S(=O)(=O)NCC2CCC(C)C2)cc1N. The zero-order valence-corrected chi connectivity index (χ0v) is 13.0. The van der Waals surface area contributed by atoms with Gasteiger partial charge in [0.25, 0.3) is 0 Å². The molecular formula is C15H24N2O2S. The van der Waals surface area contributed by atoms with Gasteiger partial charge in [-0.2, -0.15) is 0 Å². The average Bonchev–Trinajstić information content (AvgIpc) is 2.82. The van der Waals surface area contributed by atoms with E-state index in [-0.39, 0.29) is 4.90 Å². The van der Waals surface area contributed by atoms with Crippen molar-refractivity contribution >= 4 is 15.7 Å². The minimum absolute atomic E-state index is 0.262. The summed E-state index contributed by atoms with van der Waals surface area (Å²) >= 11 is 0. The number of aryl methyl sites for hydroxylation is 1. The molecule has 3 N–H and O–H groups in total. The summed E-state index contributed by atoms with van der Waals surface area (Å²) in [5, 5.41) is 0. The number of rotatable bonds is 5. The molecule has 1 aromatic carbocycles. The van der Waals surface area contributed by atoms with Gasteiger partial charge >= 0.3 is 0 Å². The van der Waals surface area contributed by atoms with Crippen molar-refractivity contribution in [3.05, 3.63) is 23.8 Å². The van der Waals surface area contributed by atoms with Crippen molar-refractivity contribution < 1.29 is 8.42 Å². The average molecular weight is 296 g/mol. The van der Waals surface area contributed by atoms with Crippen LogP contribution in [-0.4, -0.2) is 15.0 Å². The highest BCUT2D eigenvalue weighted by Gasteiger charge is 2.23. The van der Waals surface area contributed by atoms with Crippen molar-refractivity contribution in [2.75, 3.05) is 12.3 Å². The third-order valence-electron chi connectivity index (χ3n) is 4.17. The Morgan fingerprint density at radius 3 is 2.65 bits per heavy atom. The second-order valence-corrected chi connectivity index (χ2v) is 7.62. The summed E-state index contributed by atoms with van der Waals surface area (Å²) in [7, 11) is -3.44. The molecule has 1 aliphatic rings. The van der Waals surface area contributed by atoms with Crippen LogP contribution in [0, 0.1) is 11.8 Å². The van der Waals surface area contributed by atoms with Gasteiger partial charge in [0.1, 0.15) is 0 Å². The Kier molecular flexibility index (Phi) is 4.70. The van der Waals surface area contributed by atoms with E-state index < -0.39 is 10.0 Å². The van der Waals surface area contributed by atoms with E-state index in [1.165, 1.54) is 6.42 Å². The highest BCUT2D eigenvalue weighted by atomic mass is 32.2. The van der Waals surface area contributed by atoms with E-state index in [1.54, 1.807) is 18.2 Å². The molecule has 0 aliphatic heterocycles. The van der Waals surface area contributed by atoms with Crippen LogP contribution in [0.4, 0.5) is 5.69 Å². The maximum absolute atomic E-state index is 12.3. The van der Waals surface area contributed by atoms with Gasteiger partial charge in [0, 0.05) is 12.2 Å². The van der Waals surface area contributed by atoms with Gasteiger partial charge in [-0.15, -0.1) is 0 Å². The van der Waals surface area contributed by atoms with Gasteiger partial charge in [0.2, 0.25) is 10.0 Å². The molecule has 0 radical (unpaired) electrons. The molecule has 0 heterocycles. The normalized spacial score (nSPS) is 23.1. The molecule has 2 atom stereocenters. The predicted octanol–water partition coefficient (Wildman–Crippen LogP) is 2.55. The molecule has 1 aromatic rings. The van der Waals surface area contributed by atoms with Crippen molar-refractivity contribution in [1.29, 1.82) is 0 Å². The number of sulfonamides is 1. The zero-order chi connectivity index (χ0) is 14.8.